The van der Waals surface area contributed by atoms with Gasteiger partial charge in [0, 0.05) is 13.1 Å². The number of nitrogens with one attached hydrogen (secondary N) is 1. The summed E-state index contributed by atoms with van der Waals surface area (Å²) in [5.41, 5.74) is 4.97. The first-order chi connectivity index (χ1) is 6.11. The number of rotatable bonds is 5. The quantitative estimate of drug-likeness (QED) is 0.631. The molecular weight excluding hydrogens is 170 g/mol. The zero-order valence-corrected chi connectivity index (χ0v) is 8.17. The monoisotopic (exact) mass is 187 g/mol. The Morgan fingerprint density at radius 2 is 2.00 bits per heavy atom. The molecule has 0 spiro atoms. The van der Waals surface area contributed by atoms with Gasteiger partial charge < -0.3 is 16.0 Å². The fraction of sp³-hybridized carbons (Fsp3) is 0.750. The van der Waals surface area contributed by atoms with Crippen molar-refractivity contribution in [3.05, 3.63) is 0 Å². The maximum Gasteiger partial charge on any atom is 0.317 e. The highest BCUT2D eigenvalue weighted by Crippen LogP contribution is 1.88. The summed E-state index contributed by atoms with van der Waals surface area (Å²) in [6.45, 7) is 4.84. The number of carbonyl (C=O) groups is 2. The van der Waals surface area contributed by atoms with Crippen molar-refractivity contribution in [2.45, 2.75) is 20.3 Å². The van der Waals surface area contributed by atoms with E-state index in [-0.39, 0.29) is 12.6 Å². The van der Waals surface area contributed by atoms with Crippen LogP contribution >= 0.6 is 0 Å². The van der Waals surface area contributed by atoms with Crippen molar-refractivity contribution in [3.8, 4) is 0 Å². The molecule has 13 heavy (non-hydrogen) atoms. The lowest BCUT2D eigenvalue weighted by molar-refractivity contribution is -0.118. The highest BCUT2D eigenvalue weighted by Gasteiger charge is 2.11. The Kier molecular flexibility index (Phi) is 5.67. The summed E-state index contributed by atoms with van der Waals surface area (Å²) >= 11 is 0. The molecule has 0 radical (unpaired) electrons. The minimum Gasteiger partial charge on any atom is -0.368 e. The fourth-order valence-electron chi connectivity index (χ4n) is 0.859. The van der Waals surface area contributed by atoms with Gasteiger partial charge in [0.15, 0.2) is 0 Å². The first-order valence-electron chi connectivity index (χ1n) is 4.42. The fourth-order valence-corrected chi connectivity index (χ4v) is 0.859. The number of hydrogen-bond acceptors (Lipinski definition) is 2. The average molecular weight is 187 g/mol. The Hall–Kier alpha value is -1.26. The number of carbonyl (C=O) groups excluding carboxylic acids is 2. The molecule has 3 N–H and O–H groups in total. The number of amides is 3. The van der Waals surface area contributed by atoms with E-state index in [1.807, 2.05) is 6.92 Å². The summed E-state index contributed by atoms with van der Waals surface area (Å²) in [6, 6.07) is -0.233. The molecule has 5 nitrogen and oxygen atoms in total. The molecule has 0 unspecified atom stereocenters. The number of hydrogen-bond donors (Lipinski definition) is 2. The summed E-state index contributed by atoms with van der Waals surface area (Å²) in [7, 11) is 0. The van der Waals surface area contributed by atoms with Crippen LogP contribution in [0, 0.1) is 0 Å². The van der Waals surface area contributed by atoms with Crippen molar-refractivity contribution in [2.24, 2.45) is 5.73 Å². The number of nitrogens with zero attached hydrogens (tertiary/aromatic N) is 1. The second-order valence-electron chi connectivity index (χ2n) is 2.71. The van der Waals surface area contributed by atoms with E-state index in [0.29, 0.717) is 13.1 Å². The third-order valence-corrected chi connectivity index (χ3v) is 1.54. The molecule has 3 amide bonds. The van der Waals surface area contributed by atoms with E-state index in [2.05, 4.69) is 5.32 Å². The molecule has 0 saturated carbocycles. The highest BCUT2D eigenvalue weighted by atomic mass is 16.2. The SMILES string of the molecule is CCCNC(=O)N(CC)CC(N)=O. The number of urea groups is 1. The Labute approximate surface area is 78.3 Å². The Morgan fingerprint density at radius 1 is 1.38 bits per heavy atom. The molecule has 0 aliphatic carbocycles. The van der Waals surface area contributed by atoms with Crippen LogP contribution in [0.2, 0.25) is 0 Å². The van der Waals surface area contributed by atoms with Gasteiger partial charge >= 0.3 is 6.03 Å². The van der Waals surface area contributed by atoms with Crippen LogP contribution in [0.4, 0.5) is 4.79 Å². The van der Waals surface area contributed by atoms with Crippen molar-refractivity contribution in [1.82, 2.24) is 10.2 Å². The predicted octanol–water partition coefficient (Wildman–Crippen LogP) is -0.0868. The number of likely N-dealkylation sites (N-methyl/N-ethyl adjacent to an activating group) is 1. The van der Waals surface area contributed by atoms with Gasteiger partial charge in [0.25, 0.3) is 0 Å². The van der Waals surface area contributed by atoms with E-state index >= 15 is 0 Å². The van der Waals surface area contributed by atoms with Gasteiger partial charge in [-0.2, -0.15) is 0 Å². The van der Waals surface area contributed by atoms with Crippen LogP contribution in [0.1, 0.15) is 20.3 Å². The lowest BCUT2D eigenvalue weighted by atomic mass is 10.4. The number of primary amides is 1. The second-order valence-corrected chi connectivity index (χ2v) is 2.71. The molecule has 5 heteroatoms. The molecule has 0 aromatic heterocycles. The van der Waals surface area contributed by atoms with Gasteiger partial charge in [-0.1, -0.05) is 6.92 Å². The van der Waals surface area contributed by atoms with Gasteiger partial charge in [-0.3, -0.25) is 4.79 Å². The van der Waals surface area contributed by atoms with E-state index < -0.39 is 5.91 Å². The minimum absolute atomic E-state index is 0.0218. The van der Waals surface area contributed by atoms with Crippen LogP contribution in [-0.2, 0) is 4.79 Å². The van der Waals surface area contributed by atoms with E-state index in [4.69, 9.17) is 5.73 Å². The van der Waals surface area contributed by atoms with Crippen molar-refractivity contribution < 1.29 is 9.59 Å². The minimum atomic E-state index is -0.492. The summed E-state index contributed by atoms with van der Waals surface area (Å²) in [6.07, 6.45) is 0.875. The molecular formula is C8H17N3O2. The summed E-state index contributed by atoms with van der Waals surface area (Å²) in [5, 5.41) is 2.67. The van der Waals surface area contributed by atoms with Crippen LogP contribution < -0.4 is 11.1 Å². The highest BCUT2D eigenvalue weighted by molar-refractivity contribution is 5.82. The standard InChI is InChI=1S/C8H17N3O2/c1-3-5-10-8(13)11(4-2)6-7(9)12/h3-6H2,1-2H3,(H2,9,12)(H,10,13). The van der Waals surface area contributed by atoms with Crippen LogP contribution in [0.15, 0.2) is 0 Å². The van der Waals surface area contributed by atoms with Crippen LogP contribution in [0.25, 0.3) is 0 Å². The summed E-state index contributed by atoms with van der Waals surface area (Å²) in [5.74, 6) is -0.492. The molecule has 0 aliphatic rings. The zero-order chi connectivity index (χ0) is 10.3. The lowest BCUT2D eigenvalue weighted by Crippen LogP contribution is -2.44. The van der Waals surface area contributed by atoms with Gasteiger partial charge in [0.2, 0.25) is 5.91 Å². The van der Waals surface area contributed by atoms with Crippen molar-refractivity contribution in [2.75, 3.05) is 19.6 Å². The van der Waals surface area contributed by atoms with Crippen LogP contribution in [0.5, 0.6) is 0 Å². The van der Waals surface area contributed by atoms with Crippen LogP contribution in [-0.4, -0.2) is 36.5 Å². The van der Waals surface area contributed by atoms with Gasteiger partial charge in [-0.05, 0) is 13.3 Å². The van der Waals surface area contributed by atoms with E-state index in [9.17, 15) is 9.59 Å². The average Bonchev–Trinajstić information content (AvgIpc) is 2.09. The van der Waals surface area contributed by atoms with E-state index in [0.717, 1.165) is 6.42 Å². The third kappa shape index (κ3) is 5.05. The van der Waals surface area contributed by atoms with E-state index in [1.165, 1.54) is 4.90 Å². The molecule has 0 heterocycles. The normalized spacial score (nSPS) is 9.38. The van der Waals surface area contributed by atoms with Crippen LogP contribution in [0.3, 0.4) is 0 Å². The first-order valence-corrected chi connectivity index (χ1v) is 4.42. The molecule has 0 bridgehead atoms. The topological polar surface area (TPSA) is 75.4 Å². The Bertz CT molecular complexity index is 182. The summed E-state index contributed by atoms with van der Waals surface area (Å²) < 4.78 is 0. The Morgan fingerprint density at radius 3 is 2.38 bits per heavy atom. The molecule has 0 atom stereocenters. The maximum absolute atomic E-state index is 11.3. The number of nitrogens with two attached hydrogens (primary N) is 1. The maximum atomic E-state index is 11.3. The van der Waals surface area contributed by atoms with Gasteiger partial charge in [0.1, 0.15) is 6.54 Å². The van der Waals surface area contributed by atoms with E-state index in [1.54, 1.807) is 6.92 Å². The molecule has 0 saturated heterocycles. The summed E-state index contributed by atoms with van der Waals surface area (Å²) in [4.78, 5) is 23.2. The molecule has 0 aliphatic heterocycles. The molecule has 0 rings (SSSR count). The third-order valence-electron chi connectivity index (χ3n) is 1.54. The van der Waals surface area contributed by atoms with Crippen molar-refractivity contribution >= 4 is 11.9 Å². The predicted molar refractivity (Wildman–Crippen MR) is 50.1 cm³/mol. The molecule has 0 aromatic carbocycles. The zero-order valence-electron chi connectivity index (χ0n) is 8.17. The molecule has 0 aromatic rings. The van der Waals surface area contributed by atoms with Gasteiger partial charge in [-0.15, -0.1) is 0 Å². The molecule has 0 fully saturated rings. The van der Waals surface area contributed by atoms with Gasteiger partial charge in [0.05, 0.1) is 0 Å². The van der Waals surface area contributed by atoms with Gasteiger partial charge in [-0.25, -0.2) is 4.79 Å². The van der Waals surface area contributed by atoms with Crippen molar-refractivity contribution in [3.63, 3.8) is 0 Å². The van der Waals surface area contributed by atoms with Crippen molar-refractivity contribution in [1.29, 1.82) is 0 Å². The molecule has 76 valence electrons. The largest absolute Gasteiger partial charge is 0.368 e. The first kappa shape index (κ1) is 11.7. The second kappa shape index (κ2) is 6.28. The smallest absolute Gasteiger partial charge is 0.317 e. The lowest BCUT2D eigenvalue weighted by Gasteiger charge is -2.19. The Balaban J connectivity index is 3.92.